The minimum Gasteiger partial charge on any atom is -0.395 e. The number of aliphatic hydroxyl groups is 1. The number of anilines is 1. The predicted molar refractivity (Wildman–Crippen MR) is 68.9 cm³/mol. The topological polar surface area (TPSA) is 48.4 Å². The molecule has 100 valence electrons. The van der Waals surface area contributed by atoms with E-state index in [9.17, 15) is 8.78 Å². The van der Waals surface area contributed by atoms with E-state index >= 15 is 0 Å². The number of hydrogen-bond acceptors (Lipinski definition) is 4. The molecule has 1 aliphatic heterocycles. The number of halogens is 2. The third-order valence-corrected chi connectivity index (χ3v) is 3.23. The zero-order valence-electron chi connectivity index (χ0n) is 9.81. The zero-order valence-corrected chi connectivity index (χ0v) is 11.0. The van der Waals surface area contributed by atoms with E-state index in [1.807, 2.05) is 0 Å². The molecule has 2 N–H and O–H groups in total. The number of nitrogens with one attached hydrogen (secondary N) is 1. The van der Waals surface area contributed by atoms with Gasteiger partial charge in [-0.05, 0) is 12.1 Å². The maximum atomic E-state index is 13.5. The van der Waals surface area contributed by atoms with Crippen molar-refractivity contribution in [1.82, 2.24) is 10.3 Å². The number of aliphatic hydroxyl groups excluding tert-OH is 1. The fraction of sp³-hybridized carbons (Fsp3) is 0.545. The second-order valence-electron chi connectivity index (χ2n) is 4.28. The summed E-state index contributed by atoms with van der Waals surface area (Å²) in [6.45, 7) is 1.70. The molecule has 18 heavy (non-hydrogen) atoms. The first-order chi connectivity index (χ1) is 8.52. The highest BCUT2D eigenvalue weighted by molar-refractivity contribution is 7.17. The summed E-state index contributed by atoms with van der Waals surface area (Å²) in [6.07, 6.45) is 1.51. The lowest BCUT2D eigenvalue weighted by Crippen LogP contribution is -2.52. The Labute approximate surface area is 107 Å². The molecule has 2 unspecified atom stereocenters. The van der Waals surface area contributed by atoms with Gasteiger partial charge < -0.3 is 15.3 Å². The third kappa shape index (κ3) is 2.94. The Morgan fingerprint density at radius 1 is 1.61 bits per heavy atom. The van der Waals surface area contributed by atoms with Gasteiger partial charge in [0.15, 0.2) is 0 Å². The molecule has 0 aliphatic carbocycles. The van der Waals surface area contributed by atoms with Gasteiger partial charge in [-0.25, -0.2) is 4.98 Å². The largest absolute Gasteiger partial charge is 0.395 e. The minimum atomic E-state index is -3.00. The smallest absolute Gasteiger partial charge is 0.287 e. The van der Waals surface area contributed by atoms with Gasteiger partial charge in [0, 0.05) is 31.9 Å². The number of nitrogens with zero attached hydrogens (tertiary/aromatic N) is 2. The molecule has 1 aliphatic rings. The molecule has 2 rings (SSSR count). The molecule has 0 spiro atoms. The number of piperazine rings is 1. The molecule has 0 radical (unpaired) electrons. The van der Waals surface area contributed by atoms with Gasteiger partial charge in [0.1, 0.15) is 5.82 Å². The van der Waals surface area contributed by atoms with Crippen LogP contribution in [-0.2, 0) is 5.66 Å². The van der Waals surface area contributed by atoms with Crippen molar-refractivity contribution in [3.8, 4) is 0 Å². The molecule has 1 aromatic rings. The Balaban J connectivity index is 2.27. The average Bonchev–Trinajstić information content (AvgIpc) is 2.38. The van der Waals surface area contributed by atoms with E-state index in [1.165, 1.54) is 27.6 Å². The highest BCUT2D eigenvalue weighted by atomic mass is 31.0. The van der Waals surface area contributed by atoms with Gasteiger partial charge in [0.05, 0.1) is 12.2 Å². The fourth-order valence-electron chi connectivity index (χ4n) is 2.05. The quantitative estimate of drug-likeness (QED) is 0.800. The first-order valence-electron chi connectivity index (χ1n) is 5.73. The number of rotatable bonds is 3. The monoisotopic (exact) mass is 275 g/mol. The summed E-state index contributed by atoms with van der Waals surface area (Å²) in [6, 6.07) is 2.78. The minimum absolute atomic E-state index is 0.0179. The number of alkyl halides is 2. The van der Waals surface area contributed by atoms with E-state index in [0.717, 1.165) is 0 Å². The molecule has 1 fully saturated rings. The molecule has 1 aromatic heterocycles. The normalized spacial score (nSPS) is 21.1. The van der Waals surface area contributed by atoms with Gasteiger partial charge in [0.25, 0.3) is 5.66 Å². The summed E-state index contributed by atoms with van der Waals surface area (Å²) < 4.78 is 27.0. The molecule has 0 bridgehead atoms. The van der Waals surface area contributed by atoms with Crippen molar-refractivity contribution in [2.24, 2.45) is 0 Å². The summed E-state index contributed by atoms with van der Waals surface area (Å²) in [7, 11) is 1.54. The Morgan fingerprint density at radius 3 is 3.06 bits per heavy atom. The van der Waals surface area contributed by atoms with Crippen molar-refractivity contribution in [2.75, 3.05) is 31.1 Å². The maximum absolute atomic E-state index is 13.5. The molecule has 4 nitrogen and oxygen atoms in total. The van der Waals surface area contributed by atoms with E-state index in [1.54, 1.807) is 4.90 Å². The molecule has 1 saturated heterocycles. The van der Waals surface area contributed by atoms with Crippen LogP contribution in [0.2, 0.25) is 0 Å². The average molecular weight is 275 g/mol. The van der Waals surface area contributed by atoms with Crippen LogP contribution >= 0.6 is 9.24 Å². The Hall–Kier alpha value is -0.840. The summed E-state index contributed by atoms with van der Waals surface area (Å²) in [5.41, 5.74) is -3.10. The molecule has 0 saturated carbocycles. The van der Waals surface area contributed by atoms with Crippen LogP contribution in [0.25, 0.3) is 0 Å². The summed E-state index contributed by atoms with van der Waals surface area (Å²) in [4.78, 5) is 5.84. The first-order valence-corrected chi connectivity index (χ1v) is 6.31. The highest BCUT2D eigenvalue weighted by Crippen LogP contribution is 2.39. The van der Waals surface area contributed by atoms with Crippen LogP contribution < -0.4 is 10.2 Å². The van der Waals surface area contributed by atoms with Gasteiger partial charge >= 0.3 is 0 Å². The highest BCUT2D eigenvalue weighted by Gasteiger charge is 2.31. The van der Waals surface area contributed by atoms with Crippen LogP contribution in [0.1, 0.15) is 5.56 Å². The first kappa shape index (κ1) is 13.6. The lowest BCUT2D eigenvalue weighted by Gasteiger charge is -2.35. The van der Waals surface area contributed by atoms with Crippen molar-refractivity contribution < 1.29 is 13.9 Å². The van der Waals surface area contributed by atoms with Gasteiger partial charge in [-0.15, -0.1) is 0 Å². The number of hydrogen-bond donors (Lipinski definition) is 2. The van der Waals surface area contributed by atoms with Crippen LogP contribution in [0.5, 0.6) is 0 Å². The van der Waals surface area contributed by atoms with Gasteiger partial charge in [-0.3, -0.25) is 0 Å². The predicted octanol–water partition coefficient (Wildman–Crippen LogP) is 0.776. The van der Waals surface area contributed by atoms with Gasteiger partial charge in [-0.1, -0.05) is 9.24 Å². The molecule has 0 aromatic carbocycles. The number of pyridine rings is 1. The van der Waals surface area contributed by atoms with E-state index in [4.69, 9.17) is 5.11 Å². The number of aromatic nitrogens is 1. The van der Waals surface area contributed by atoms with Gasteiger partial charge in [-0.2, -0.15) is 8.78 Å². The fourth-order valence-corrected chi connectivity index (χ4v) is 2.27. The van der Waals surface area contributed by atoms with E-state index in [-0.39, 0.29) is 24.0 Å². The lowest BCUT2D eigenvalue weighted by molar-refractivity contribution is 0.104. The van der Waals surface area contributed by atoms with Gasteiger partial charge in [0.2, 0.25) is 0 Å². The van der Waals surface area contributed by atoms with Crippen molar-refractivity contribution in [1.29, 1.82) is 0 Å². The summed E-state index contributed by atoms with van der Waals surface area (Å²) in [5.74, 6) is 0.289. The second-order valence-corrected chi connectivity index (χ2v) is 5.00. The van der Waals surface area contributed by atoms with E-state index in [0.29, 0.717) is 19.6 Å². The molecule has 2 heterocycles. The standard InChI is InChI=1S/C11H16F2N3OP/c12-11(13,18)9-2-1-3-15-10(9)16-5-4-14-8(6-16)7-17/h1-3,8,14,17H,4-7,18H2. The maximum Gasteiger partial charge on any atom is 0.287 e. The zero-order chi connectivity index (χ0) is 13.2. The van der Waals surface area contributed by atoms with Crippen LogP contribution in [0.4, 0.5) is 14.6 Å². The molecule has 7 heteroatoms. The van der Waals surface area contributed by atoms with Crippen molar-refractivity contribution in [3.05, 3.63) is 23.9 Å². The molecular formula is C11H16F2N3OP. The van der Waals surface area contributed by atoms with Crippen LogP contribution in [0.15, 0.2) is 18.3 Å². The van der Waals surface area contributed by atoms with E-state index < -0.39 is 5.66 Å². The van der Waals surface area contributed by atoms with E-state index in [2.05, 4.69) is 10.3 Å². The lowest BCUT2D eigenvalue weighted by atomic mass is 10.2. The second kappa shape index (κ2) is 5.43. The van der Waals surface area contributed by atoms with Crippen molar-refractivity contribution >= 4 is 15.1 Å². The Bertz CT molecular complexity index is 414. The molecule has 0 amide bonds. The summed E-state index contributed by atoms with van der Waals surface area (Å²) in [5, 5.41) is 12.2. The Kier molecular flexibility index (Phi) is 4.10. The van der Waals surface area contributed by atoms with Crippen molar-refractivity contribution in [3.63, 3.8) is 0 Å². The van der Waals surface area contributed by atoms with Crippen LogP contribution in [0, 0.1) is 0 Å². The molecular weight excluding hydrogens is 259 g/mol. The van der Waals surface area contributed by atoms with Crippen LogP contribution in [-0.4, -0.2) is 42.4 Å². The van der Waals surface area contributed by atoms with Crippen molar-refractivity contribution in [2.45, 2.75) is 11.7 Å². The van der Waals surface area contributed by atoms with Crippen LogP contribution in [0.3, 0.4) is 0 Å². The third-order valence-electron chi connectivity index (χ3n) is 2.92. The Morgan fingerprint density at radius 2 is 2.39 bits per heavy atom. The molecule has 2 atom stereocenters. The SMILES string of the molecule is OCC1CN(c2ncccc2C(F)(F)P)CCN1. The summed E-state index contributed by atoms with van der Waals surface area (Å²) >= 11 is 0.